The number of aryl methyl sites for hydroxylation is 2. The van der Waals surface area contributed by atoms with Gasteiger partial charge in [-0.15, -0.1) is 0 Å². The molecule has 0 bridgehead atoms. The minimum atomic E-state index is -3.68. The Kier molecular flexibility index (Phi) is 4.24. The highest BCUT2D eigenvalue weighted by molar-refractivity contribution is 7.92. The van der Waals surface area contributed by atoms with Gasteiger partial charge in [0.2, 0.25) is 0 Å². The fourth-order valence-electron chi connectivity index (χ4n) is 3.51. The van der Waals surface area contributed by atoms with Crippen molar-refractivity contribution >= 4 is 38.3 Å². The van der Waals surface area contributed by atoms with Crippen molar-refractivity contribution in [1.29, 1.82) is 0 Å². The lowest BCUT2D eigenvalue weighted by atomic mass is 9.88. The average molecular weight is 390 g/mol. The van der Waals surface area contributed by atoms with Gasteiger partial charge in [0.05, 0.1) is 4.90 Å². The number of hydrogen-bond acceptors (Lipinski definition) is 3. The molecule has 1 aliphatic carbocycles. The van der Waals surface area contributed by atoms with E-state index in [2.05, 4.69) is 11.6 Å². The second kappa shape index (κ2) is 6.32. The predicted octanol–water partition coefficient (Wildman–Crippen LogP) is 5.32. The molecule has 0 fully saturated rings. The summed E-state index contributed by atoms with van der Waals surface area (Å²) < 4.78 is 34.0. The van der Waals surface area contributed by atoms with E-state index in [1.165, 1.54) is 11.6 Å². The minimum Gasteiger partial charge on any atom is -0.461 e. The van der Waals surface area contributed by atoms with Crippen LogP contribution in [0.2, 0.25) is 5.02 Å². The van der Waals surface area contributed by atoms with Crippen LogP contribution in [0.15, 0.2) is 45.7 Å². The molecule has 0 saturated heterocycles. The average Bonchev–Trinajstić information content (AvgIpc) is 2.94. The molecule has 4 rings (SSSR count). The Morgan fingerprint density at radius 1 is 1.19 bits per heavy atom. The van der Waals surface area contributed by atoms with Gasteiger partial charge < -0.3 is 4.42 Å². The lowest BCUT2D eigenvalue weighted by Crippen LogP contribution is -2.13. The summed E-state index contributed by atoms with van der Waals surface area (Å²) in [5, 5.41) is 1.54. The van der Waals surface area contributed by atoms with Crippen molar-refractivity contribution in [1.82, 2.24) is 0 Å². The second-order valence-electron chi connectivity index (χ2n) is 7.08. The molecule has 4 nitrogen and oxygen atoms in total. The standard InChI is InChI=1S/C20H20ClNO3S/c1-12-3-7-19-16(9-12)17-11-14(4-8-20(17)25-19)22-26(23,24)15-5-6-18(21)13(2)10-15/h4-6,8,10-12,22H,3,7,9H2,1-2H3/t12-/m1/s1. The van der Waals surface area contributed by atoms with E-state index in [0.29, 0.717) is 16.6 Å². The molecule has 26 heavy (non-hydrogen) atoms. The molecule has 0 amide bonds. The lowest BCUT2D eigenvalue weighted by Gasteiger charge is -2.16. The maximum atomic E-state index is 12.7. The largest absolute Gasteiger partial charge is 0.461 e. The van der Waals surface area contributed by atoms with E-state index in [1.807, 2.05) is 12.1 Å². The van der Waals surface area contributed by atoms with Crippen molar-refractivity contribution in [2.75, 3.05) is 4.72 Å². The number of benzene rings is 2. The van der Waals surface area contributed by atoms with E-state index in [1.54, 1.807) is 25.1 Å². The van der Waals surface area contributed by atoms with Crippen LogP contribution in [-0.4, -0.2) is 8.42 Å². The number of anilines is 1. The van der Waals surface area contributed by atoms with Gasteiger partial charge in [-0.3, -0.25) is 4.72 Å². The summed E-state index contributed by atoms with van der Waals surface area (Å²) in [6.45, 7) is 4.02. The number of rotatable bonds is 3. The molecule has 1 aromatic heterocycles. The van der Waals surface area contributed by atoms with Gasteiger partial charge in [-0.25, -0.2) is 8.42 Å². The highest BCUT2D eigenvalue weighted by Crippen LogP contribution is 2.35. The van der Waals surface area contributed by atoms with Crippen molar-refractivity contribution in [3.05, 3.63) is 58.3 Å². The Morgan fingerprint density at radius 2 is 2.00 bits per heavy atom. The molecular formula is C20H20ClNO3S. The summed E-state index contributed by atoms with van der Waals surface area (Å²) in [5.41, 5.74) is 3.28. The molecule has 1 N–H and O–H groups in total. The molecule has 6 heteroatoms. The van der Waals surface area contributed by atoms with Gasteiger partial charge in [-0.1, -0.05) is 18.5 Å². The fourth-order valence-corrected chi connectivity index (χ4v) is 4.77. The first-order valence-corrected chi connectivity index (χ1v) is 10.5. The first kappa shape index (κ1) is 17.4. The summed E-state index contributed by atoms with van der Waals surface area (Å²) in [5.74, 6) is 1.65. The molecule has 1 aliphatic rings. The van der Waals surface area contributed by atoms with Crippen LogP contribution in [-0.2, 0) is 22.9 Å². The van der Waals surface area contributed by atoms with Crippen LogP contribution < -0.4 is 4.72 Å². The number of hydrogen-bond donors (Lipinski definition) is 1. The predicted molar refractivity (Wildman–Crippen MR) is 104 cm³/mol. The minimum absolute atomic E-state index is 0.197. The van der Waals surface area contributed by atoms with Crippen molar-refractivity contribution in [2.24, 2.45) is 5.92 Å². The van der Waals surface area contributed by atoms with Gasteiger partial charge in [0.1, 0.15) is 11.3 Å². The third-order valence-electron chi connectivity index (χ3n) is 4.98. The van der Waals surface area contributed by atoms with Gasteiger partial charge in [0.25, 0.3) is 10.0 Å². The molecule has 0 radical (unpaired) electrons. The smallest absolute Gasteiger partial charge is 0.261 e. The fraction of sp³-hybridized carbons (Fsp3) is 0.300. The van der Waals surface area contributed by atoms with Crippen LogP contribution in [0.25, 0.3) is 11.0 Å². The summed E-state index contributed by atoms with van der Waals surface area (Å²) in [6, 6.07) is 10.1. The van der Waals surface area contributed by atoms with Crippen LogP contribution in [0, 0.1) is 12.8 Å². The van der Waals surface area contributed by atoms with Crippen LogP contribution in [0.4, 0.5) is 5.69 Å². The van der Waals surface area contributed by atoms with Crippen molar-refractivity contribution in [2.45, 2.75) is 38.0 Å². The summed E-state index contributed by atoms with van der Waals surface area (Å²) in [4.78, 5) is 0.197. The Balaban J connectivity index is 1.70. The molecule has 1 atom stereocenters. The van der Waals surface area contributed by atoms with Gasteiger partial charge >= 0.3 is 0 Å². The molecule has 0 saturated carbocycles. The molecule has 2 aromatic carbocycles. The number of halogens is 1. The molecule has 0 aliphatic heterocycles. The van der Waals surface area contributed by atoms with Gasteiger partial charge in [0, 0.05) is 28.1 Å². The zero-order chi connectivity index (χ0) is 18.5. The Bertz CT molecular complexity index is 1100. The number of fused-ring (bicyclic) bond motifs is 3. The molecule has 0 spiro atoms. The first-order chi connectivity index (χ1) is 12.3. The molecule has 136 valence electrons. The topological polar surface area (TPSA) is 59.3 Å². The monoisotopic (exact) mass is 389 g/mol. The van der Waals surface area contributed by atoms with E-state index in [0.717, 1.165) is 41.6 Å². The highest BCUT2D eigenvalue weighted by atomic mass is 35.5. The lowest BCUT2D eigenvalue weighted by molar-refractivity contribution is 0.438. The SMILES string of the molecule is Cc1cc(S(=O)(=O)Nc2ccc3oc4c(c3c2)C[C@H](C)CC4)ccc1Cl. The Morgan fingerprint density at radius 3 is 2.77 bits per heavy atom. The zero-order valence-electron chi connectivity index (χ0n) is 14.7. The quantitative estimate of drug-likeness (QED) is 0.659. The maximum absolute atomic E-state index is 12.7. The van der Waals surface area contributed by atoms with Crippen LogP contribution >= 0.6 is 11.6 Å². The zero-order valence-corrected chi connectivity index (χ0v) is 16.2. The van der Waals surface area contributed by atoms with Gasteiger partial charge in [-0.2, -0.15) is 0 Å². The molecule has 1 heterocycles. The van der Waals surface area contributed by atoms with Crippen LogP contribution in [0.1, 0.15) is 30.2 Å². The number of sulfonamides is 1. The molecule has 0 unspecified atom stereocenters. The van der Waals surface area contributed by atoms with Gasteiger partial charge in [0.15, 0.2) is 0 Å². The maximum Gasteiger partial charge on any atom is 0.261 e. The third-order valence-corrected chi connectivity index (χ3v) is 6.79. The van der Waals surface area contributed by atoms with Crippen molar-refractivity contribution < 1.29 is 12.8 Å². The summed E-state index contributed by atoms with van der Waals surface area (Å²) in [6.07, 6.45) is 3.04. The summed E-state index contributed by atoms with van der Waals surface area (Å²) in [7, 11) is -3.68. The van der Waals surface area contributed by atoms with Crippen LogP contribution in [0.5, 0.6) is 0 Å². The van der Waals surface area contributed by atoms with Crippen molar-refractivity contribution in [3.8, 4) is 0 Å². The second-order valence-corrected chi connectivity index (χ2v) is 9.17. The number of furan rings is 1. The van der Waals surface area contributed by atoms with E-state index in [-0.39, 0.29) is 4.90 Å². The normalized spacial score (nSPS) is 17.3. The van der Waals surface area contributed by atoms with Crippen molar-refractivity contribution in [3.63, 3.8) is 0 Å². The molecular weight excluding hydrogens is 370 g/mol. The number of nitrogens with one attached hydrogen (secondary N) is 1. The third kappa shape index (κ3) is 3.10. The Labute approximate surface area is 158 Å². The van der Waals surface area contributed by atoms with E-state index >= 15 is 0 Å². The Hall–Kier alpha value is -1.98. The summed E-state index contributed by atoms with van der Waals surface area (Å²) >= 11 is 6.00. The van der Waals surface area contributed by atoms with Crippen LogP contribution in [0.3, 0.4) is 0 Å². The van der Waals surface area contributed by atoms with E-state index < -0.39 is 10.0 Å². The first-order valence-electron chi connectivity index (χ1n) is 8.67. The molecule has 3 aromatic rings. The highest BCUT2D eigenvalue weighted by Gasteiger charge is 2.22. The van der Waals surface area contributed by atoms with E-state index in [4.69, 9.17) is 16.0 Å². The van der Waals surface area contributed by atoms with Gasteiger partial charge in [-0.05, 0) is 67.6 Å². The van der Waals surface area contributed by atoms with E-state index in [9.17, 15) is 8.42 Å².